The van der Waals surface area contributed by atoms with Crippen molar-refractivity contribution < 1.29 is 33.3 Å². The standard InChI is InChI=1S/C27H46F2O5/c1-4-5-6-13-18-27(28,29)25(32)17-16-22-21(23(30)19-24(22)31)14-11-9-7-8-10-12-15-26(33)34-20(2)3/h16-17,20-22,24-25,31-32H,4-15,18-19H2,1-3H3/t21?,22-,24-,25-/m1/s1. The summed E-state index contributed by atoms with van der Waals surface area (Å²) in [6, 6.07) is 0. The number of hydrogen-bond acceptors (Lipinski definition) is 5. The van der Waals surface area contributed by atoms with Gasteiger partial charge in [0.05, 0.1) is 12.2 Å². The van der Waals surface area contributed by atoms with E-state index < -0.39 is 24.0 Å². The molecule has 1 rings (SSSR count). The van der Waals surface area contributed by atoms with Crippen molar-refractivity contribution in [2.24, 2.45) is 11.8 Å². The molecule has 1 unspecified atom stereocenters. The van der Waals surface area contributed by atoms with Gasteiger partial charge in [-0.1, -0.05) is 70.4 Å². The Morgan fingerprint density at radius 1 is 1.09 bits per heavy atom. The van der Waals surface area contributed by atoms with Gasteiger partial charge in [-0.15, -0.1) is 0 Å². The highest BCUT2D eigenvalue weighted by molar-refractivity contribution is 5.84. The minimum atomic E-state index is -3.21. The second-order valence-corrected chi connectivity index (χ2v) is 10.0. The Kier molecular flexibility index (Phi) is 14.8. The fourth-order valence-corrected chi connectivity index (χ4v) is 4.56. The molecule has 0 aromatic rings. The molecule has 1 fully saturated rings. The molecule has 0 heterocycles. The number of hydrogen-bond donors (Lipinski definition) is 2. The summed E-state index contributed by atoms with van der Waals surface area (Å²) in [4.78, 5) is 23.8. The monoisotopic (exact) mass is 488 g/mol. The minimum absolute atomic E-state index is 0.0355. The zero-order valence-corrected chi connectivity index (χ0v) is 21.3. The van der Waals surface area contributed by atoms with E-state index in [0.717, 1.165) is 57.4 Å². The molecule has 34 heavy (non-hydrogen) atoms. The van der Waals surface area contributed by atoms with E-state index >= 15 is 0 Å². The van der Waals surface area contributed by atoms with Crippen molar-refractivity contribution in [2.45, 2.75) is 135 Å². The molecule has 7 heteroatoms. The molecule has 5 nitrogen and oxygen atoms in total. The van der Waals surface area contributed by atoms with Gasteiger partial charge in [0.1, 0.15) is 11.9 Å². The molecule has 1 aliphatic carbocycles. The van der Waals surface area contributed by atoms with Gasteiger partial charge < -0.3 is 14.9 Å². The molecule has 0 amide bonds. The first-order valence-corrected chi connectivity index (χ1v) is 13.2. The summed E-state index contributed by atoms with van der Waals surface area (Å²) in [6.45, 7) is 5.67. The topological polar surface area (TPSA) is 83.8 Å². The molecule has 0 aromatic carbocycles. The number of ether oxygens (including phenoxy) is 1. The highest BCUT2D eigenvalue weighted by atomic mass is 19.3. The van der Waals surface area contributed by atoms with E-state index in [1.54, 1.807) is 0 Å². The number of unbranched alkanes of at least 4 members (excludes halogenated alkanes) is 8. The smallest absolute Gasteiger partial charge is 0.306 e. The molecule has 0 spiro atoms. The molecule has 2 N–H and O–H groups in total. The lowest BCUT2D eigenvalue weighted by Gasteiger charge is -2.22. The van der Waals surface area contributed by atoms with Gasteiger partial charge in [0.15, 0.2) is 0 Å². The average Bonchev–Trinajstić information content (AvgIpc) is 3.02. The Labute approximate surface area is 204 Å². The van der Waals surface area contributed by atoms with Crippen molar-refractivity contribution >= 4 is 11.8 Å². The van der Waals surface area contributed by atoms with Crippen LogP contribution in [0.2, 0.25) is 0 Å². The minimum Gasteiger partial charge on any atom is -0.463 e. The average molecular weight is 489 g/mol. The second kappa shape index (κ2) is 16.4. The van der Waals surface area contributed by atoms with E-state index in [1.807, 2.05) is 20.8 Å². The molecule has 0 aromatic heterocycles. The van der Waals surface area contributed by atoms with Crippen molar-refractivity contribution in [1.82, 2.24) is 0 Å². The number of halogens is 2. The maximum atomic E-state index is 14.2. The highest BCUT2D eigenvalue weighted by Crippen LogP contribution is 2.35. The van der Waals surface area contributed by atoms with E-state index in [2.05, 4.69) is 0 Å². The number of aliphatic hydroxyl groups excluding tert-OH is 2. The SMILES string of the molecule is CCCCCCC(F)(F)[C@H](O)C=C[C@@H]1C(CCCCCCCCC(=O)OC(C)C)C(=O)C[C@H]1O. The lowest BCUT2D eigenvalue weighted by atomic mass is 9.88. The number of alkyl halides is 2. The number of aliphatic hydroxyl groups is 2. The molecular formula is C27H46F2O5. The Morgan fingerprint density at radius 2 is 1.71 bits per heavy atom. The van der Waals surface area contributed by atoms with Crippen molar-refractivity contribution in [1.29, 1.82) is 0 Å². The van der Waals surface area contributed by atoms with Crippen LogP contribution in [0.4, 0.5) is 8.78 Å². The lowest BCUT2D eigenvalue weighted by molar-refractivity contribution is -0.147. The largest absolute Gasteiger partial charge is 0.463 e. The molecule has 1 aliphatic rings. The normalized spacial score (nSPS) is 22.1. The third kappa shape index (κ3) is 11.9. The highest BCUT2D eigenvalue weighted by Gasteiger charge is 2.41. The van der Waals surface area contributed by atoms with Gasteiger partial charge in [-0.25, -0.2) is 8.78 Å². The Hall–Kier alpha value is -1.34. The summed E-state index contributed by atoms with van der Waals surface area (Å²) >= 11 is 0. The van der Waals surface area contributed by atoms with Crippen molar-refractivity contribution in [3.63, 3.8) is 0 Å². The zero-order chi connectivity index (χ0) is 25.6. The summed E-state index contributed by atoms with van der Waals surface area (Å²) in [5.41, 5.74) is 0. The van der Waals surface area contributed by atoms with E-state index in [9.17, 15) is 28.6 Å². The van der Waals surface area contributed by atoms with Crippen LogP contribution in [-0.2, 0) is 14.3 Å². The van der Waals surface area contributed by atoms with Crippen LogP contribution in [0.15, 0.2) is 12.2 Å². The zero-order valence-electron chi connectivity index (χ0n) is 21.3. The number of carbonyl (C=O) groups excluding carboxylic acids is 2. The first-order chi connectivity index (χ1) is 16.1. The fourth-order valence-electron chi connectivity index (χ4n) is 4.56. The molecule has 0 bridgehead atoms. The van der Waals surface area contributed by atoms with Crippen LogP contribution in [0.5, 0.6) is 0 Å². The van der Waals surface area contributed by atoms with Crippen LogP contribution in [0.25, 0.3) is 0 Å². The molecule has 198 valence electrons. The van der Waals surface area contributed by atoms with Crippen LogP contribution in [0.1, 0.15) is 111 Å². The Morgan fingerprint density at radius 3 is 2.35 bits per heavy atom. The summed E-state index contributed by atoms with van der Waals surface area (Å²) in [6.07, 6.45) is 8.76. The quantitative estimate of drug-likeness (QED) is 0.137. The number of carbonyl (C=O) groups is 2. The summed E-state index contributed by atoms with van der Waals surface area (Å²) in [5.74, 6) is -4.32. The molecule has 0 radical (unpaired) electrons. The third-order valence-corrected chi connectivity index (χ3v) is 6.56. The van der Waals surface area contributed by atoms with E-state index in [4.69, 9.17) is 4.74 Å². The predicted molar refractivity (Wildman–Crippen MR) is 130 cm³/mol. The molecule has 1 saturated carbocycles. The predicted octanol–water partition coefficient (Wildman–Crippen LogP) is 6.15. The summed E-state index contributed by atoms with van der Waals surface area (Å²) in [7, 11) is 0. The number of rotatable bonds is 18. The van der Waals surface area contributed by atoms with Gasteiger partial charge in [0.2, 0.25) is 0 Å². The summed E-state index contributed by atoms with van der Waals surface area (Å²) < 4.78 is 33.5. The van der Waals surface area contributed by atoms with Crippen LogP contribution < -0.4 is 0 Å². The summed E-state index contributed by atoms with van der Waals surface area (Å²) in [5, 5.41) is 20.3. The van der Waals surface area contributed by atoms with E-state index in [-0.39, 0.29) is 36.6 Å². The molecular weight excluding hydrogens is 442 g/mol. The first-order valence-electron chi connectivity index (χ1n) is 13.2. The van der Waals surface area contributed by atoms with Gasteiger partial charge in [0.25, 0.3) is 5.92 Å². The van der Waals surface area contributed by atoms with Gasteiger partial charge in [-0.05, 0) is 33.1 Å². The van der Waals surface area contributed by atoms with Gasteiger partial charge in [-0.3, -0.25) is 9.59 Å². The van der Waals surface area contributed by atoms with Gasteiger partial charge >= 0.3 is 5.97 Å². The lowest BCUT2D eigenvalue weighted by Crippen LogP contribution is -2.32. The third-order valence-electron chi connectivity index (χ3n) is 6.56. The molecule has 0 aliphatic heterocycles. The fraction of sp³-hybridized carbons (Fsp3) is 0.852. The van der Waals surface area contributed by atoms with Crippen LogP contribution in [-0.4, -0.2) is 46.2 Å². The Balaban J connectivity index is 2.37. The molecule has 4 atom stereocenters. The number of esters is 1. The number of Topliss-reactive ketones (excluding diaryl/α,β-unsaturated/α-hetero) is 1. The van der Waals surface area contributed by atoms with Gasteiger partial charge in [-0.2, -0.15) is 0 Å². The first kappa shape index (κ1) is 30.7. The van der Waals surface area contributed by atoms with E-state index in [0.29, 0.717) is 25.7 Å². The number of ketones is 1. The van der Waals surface area contributed by atoms with Gasteiger partial charge in [0, 0.05) is 31.1 Å². The maximum Gasteiger partial charge on any atom is 0.306 e. The van der Waals surface area contributed by atoms with Crippen LogP contribution >= 0.6 is 0 Å². The van der Waals surface area contributed by atoms with Crippen molar-refractivity contribution in [3.05, 3.63) is 12.2 Å². The van der Waals surface area contributed by atoms with Crippen LogP contribution in [0.3, 0.4) is 0 Å². The molecule has 0 saturated heterocycles. The van der Waals surface area contributed by atoms with Crippen LogP contribution in [0, 0.1) is 11.8 Å². The Bertz CT molecular complexity index is 620. The van der Waals surface area contributed by atoms with Crippen molar-refractivity contribution in [2.75, 3.05) is 0 Å². The van der Waals surface area contributed by atoms with Crippen molar-refractivity contribution in [3.8, 4) is 0 Å². The van der Waals surface area contributed by atoms with E-state index in [1.165, 1.54) is 6.08 Å². The second-order valence-electron chi connectivity index (χ2n) is 10.0. The maximum absolute atomic E-state index is 14.2.